The zero-order chi connectivity index (χ0) is 12.7. The average molecular weight is 280 g/mol. The standard InChI is InChI=1S/C14H8Cl2FN/c15-8-1-2-11(16)10(7-8)14-9-5-6-18-13(9)4-3-12(14)17/h1-7,18H. The maximum atomic E-state index is 14.1. The average Bonchev–Trinajstić information content (AvgIpc) is 2.81. The lowest BCUT2D eigenvalue weighted by Crippen LogP contribution is -1.87. The molecule has 0 saturated heterocycles. The fraction of sp³-hybridized carbons (Fsp3) is 0. The molecule has 1 aromatic heterocycles. The van der Waals surface area contributed by atoms with E-state index in [-0.39, 0.29) is 5.82 Å². The second kappa shape index (κ2) is 4.30. The number of nitrogens with one attached hydrogen (secondary N) is 1. The largest absolute Gasteiger partial charge is 0.361 e. The molecule has 1 nitrogen and oxygen atoms in total. The predicted molar refractivity (Wildman–Crippen MR) is 73.7 cm³/mol. The highest BCUT2D eigenvalue weighted by molar-refractivity contribution is 6.35. The van der Waals surface area contributed by atoms with Crippen molar-refractivity contribution in [2.45, 2.75) is 0 Å². The minimum Gasteiger partial charge on any atom is -0.361 e. The molecule has 0 unspecified atom stereocenters. The van der Waals surface area contributed by atoms with Crippen LogP contribution in [0.4, 0.5) is 4.39 Å². The summed E-state index contributed by atoms with van der Waals surface area (Å²) in [5.41, 5.74) is 1.94. The van der Waals surface area contributed by atoms with Gasteiger partial charge in [0.25, 0.3) is 0 Å². The smallest absolute Gasteiger partial charge is 0.131 e. The van der Waals surface area contributed by atoms with Crippen molar-refractivity contribution in [2.24, 2.45) is 0 Å². The number of H-pyrrole nitrogens is 1. The van der Waals surface area contributed by atoms with E-state index in [4.69, 9.17) is 23.2 Å². The Morgan fingerprint density at radius 1 is 1.00 bits per heavy atom. The molecular weight excluding hydrogens is 272 g/mol. The van der Waals surface area contributed by atoms with E-state index in [9.17, 15) is 4.39 Å². The van der Waals surface area contributed by atoms with Crippen LogP contribution in [0.25, 0.3) is 22.0 Å². The number of halogens is 3. The predicted octanol–water partition coefficient (Wildman–Crippen LogP) is 5.28. The van der Waals surface area contributed by atoms with Crippen LogP contribution in [0.3, 0.4) is 0 Å². The molecule has 0 aliphatic heterocycles. The summed E-state index contributed by atoms with van der Waals surface area (Å²) in [6.45, 7) is 0. The minimum absolute atomic E-state index is 0.314. The van der Waals surface area contributed by atoms with Crippen LogP contribution in [0.5, 0.6) is 0 Å². The molecule has 0 amide bonds. The van der Waals surface area contributed by atoms with E-state index < -0.39 is 0 Å². The molecule has 3 rings (SSSR count). The molecule has 18 heavy (non-hydrogen) atoms. The highest BCUT2D eigenvalue weighted by Gasteiger charge is 2.14. The number of aromatic amines is 1. The quantitative estimate of drug-likeness (QED) is 0.624. The summed E-state index contributed by atoms with van der Waals surface area (Å²) in [5, 5.41) is 1.80. The Balaban J connectivity index is 2.40. The third kappa shape index (κ3) is 1.78. The van der Waals surface area contributed by atoms with Gasteiger partial charge in [-0.3, -0.25) is 0 Å². The molecule has 0 spiro atoms. The first-order valence-electron chi connectivity index (χ1n) is 5.38. The van der Waals surface area contributed by atoms with E-state index >= 15 is 0 Å². The number of hydrogen-bond acceptors (Lipinski definition) is 0. The Hall–Kier alpha value is -1.51. The van der Waals surface area contributed by atoms with Gasteiger partial charge in [0.2, 0.25) is 0 Å². The molecule has 3 aromatic rings. The van der Waals surface area contributed by atoms with Gasteiger partial charge in [-0.1, -0.05) is 23.2 Å². The maximum Gasteiger partial charge on any atom is 0.131 e. The van der Waals surface area contributed by atoms with Crippen LogP contribution in [0.2, 0.25) is 10.0 Å². The molecule has 2 aromatic carbocycles. The molecule has 0 aliphatic carbocycles. The minimum atomic E-state index is -0.314. The first-order valence-corrected chi connectivity index (χ1v) is 6.13. The van der Waals surface area contributed by atoms with E-state index in [1.165, 1.54) is 6.07 Å². The van der Waals surface area contributed by atoms with Crippen molar-refractivity contribution < 1.29 is 4.39 Å². The lowest BCUT2D eigenvalue weighted by Gasteiger charge is -2.08. The van der Waals surface area contributed by atoms with Crippen LogP contribution in [-0.2, 0) is 0 Å². The van der Waals surface area contributed by atoms with Crippen LogP contribution in [0.15, 0.2) is 42.6 Å². The second-order valence-electron chi connectivity index (χ2n) is 3.99. The molecule has 1 N–H and O–H groups in total. The molecule has 1 heterocycles. The van der Waals surface area contributed by atoms with Crippen LogP contribution in [-0.4, -0.2) is 4.98 Å². The Labute approximate surface area is 113 Å². The molecule has 0 saturated carbocycles. The van der Waals surface area contributed by atoms with E-state index in [0.29, 0.717) is 21.2 Å². The van der Waals surface area contributed by atoms with Gasteiger partial charge in [0.05, 0.1) is 0 Å². The third-order valence-electron chi connectivity index (χ3n) is 2.88. The van der Waals surface area contributed by atoms with Crippen molar-refractivity contribution in [3.05, 3.63) is 58.5 Å². The Kier molecular flexibility index (Phi) is 2.77. The Morgan fingerprint density at radius 2 is 1.83 bits per heavy atom. The van der Waals surface area contributed by atoms with Crippen LogP contribution >= 0.6 is 23.2 Å². The van der Waals surface area contributed by atoms with Gasteiger partial charge in [0.1, 0.15) is 5.82 Å². The zero-order valence-electron chi connectivity index (χ0n) is 9.18. The van der Waals surface area contributed by atoms with Gasteiger partial charge in [-0.2, -0.15) is 0 Å². The van der Waals surface area contributed by atoms with Crippen molar-refractivity contribution in [3.63, 3.8) is 0 Å². The van der Waals surface area contributed by atoms with Crippen LogP contribution in [0, 0.1) is 5.82 Å². The van der Waals surface area contributed by atoms with E-state index in [0.717, 1.165) is 10.9 Å². The van der Waals surface area contributed by atoms with Gasteiger partial charge >= 0.3 is 0 Å². The highest BCUT2D eigenvalue weighted by Crippen LogP contribution is 2.36. The normalized spacial score (nSPS) is 11.1. The SMILES string of the molecule is Fc1ccc2[nH]ccc2c1-c1cc(Cl)ccc1Cl. The summed E-state index contributed by atoms with van der Waals surface area (Å²) in [7, 11) is 0. The van der Waals surface area contributed by atoms with E-state index in [1.807, 2.05) is 6.07 Å². The molecule has 0 bridgehead atoms. The number of benzene rings is 2. The van der Waals surface area contributed by atoms with Gasteiger partial charge in [-0.05, 0) is 36.4 Å². The summed E-state index contributed by atoms with van der Waals surface area (Å²) in [4.78, 5) is 3.05. The summed E-state index contributed by atoms with van der Waals surface area (Å²) < 4.78 is 14.1. The number of fused-ring (bicyclic) bond motifs is 1. The molecule has 0 fully saturated rings. The van der Waals surface area contributed by atoms with Crippen molar-refractivity contribution in [1.82, 2.24) is 4.98 Å². The van der Waals surface area contributed by atoms with Gasteiger partial charge in [-0.25, -0.2) is 4.39 Å². The summed E-state index contributed by atoms with van der Waals surface area (Å²) in [6, 6.07) is 9.98. The van der Waals surface area contributed by atoms with Crippen molar-refractivity contribution in [1.29, 1.82) is 0 Å². The topological polar surface area (TPSA) is 15.8 Å². The first-order chi connectivity index (χ1) is 8.66. The lowest BCUT2D eigenvalue weighted by molar-refractivity contribution is 0.633. The fourth-order valence-electron chi connectivity index (χ4n) is 2.07. The number of rotatable bonds is 1. The monoisotopic (exact) mass is 279 g/mol. The van der Waals surface area contributed by atoms with E-state index in [1.54, 1.807) is 30.5 Å². The van der Waals surface area contributed by atoms with Crippen molar-refractivity contribution in [2.75, 3.05) is 0 Å². The molecule has 0 radical (unpaired) electrons. The van der Waals surface area contributed by atoms with Gasteiger partial charge in [-0.15, -0.1) is 0 Å². The van der Waals surface area contributed by atoms with Crippen molar-refractivity contribution in [3.8, 4) is 11.1 Å². The maximum absolute atomic E-state index is 14.1. The molecule has 0 atom stereocenters. The molecule has 0 aliphatic rings. The third-order valence-corrected chi connectivity index (χ3v) is 3.45. The van der Waals surface area contributed by atoms with Gasteiger partial charge < -0.3 is 4.98 Å². The summed E-state index contributed by atoms with van der Waals surface area (Å²) in [5.74, 6) is -0.314. The van der Waals surface area contributed by atoms with Crippen LogP contribution < -0.4 is 0 Å². The van der Waals surface area contributed by atoms with Crippen molar-refractivity contribution >= 4 is 34.1 Å². The molecular formula is C14H8Cl2FN. The van der Waals surface area contributed by atoms with Gasteiger partial charge in [0.15, 0.2) is 0 Å². The number of hydrogen-bond donors (Lipinski definition) is 1. The molecule has 90 valence electrons. The highest BCUT2D eigenvalue weighted by atomic mass is 35.5. The molecule has 4 heteroatoms. The van der Waals surface area contributed by atoms with Crippen LogP contribution in [0.1, 0.15) is 0 Å². The number of aromatic nitrogens is 1. The van der Waals surface area contributed by atoms with Gasteiger partial charge in [0, 0.05) is 38.3 Å². The first kappa shape index (κ1) is 11.6. The van der Waals surface area contributed by atoms with E-state index in [2.05, 4.69) is 4.98 Å². The zero-order valence-corrected chi connectivity index (χ0v) is 10.7. The Morgan fingerprint density at radius 3 is 2.67 bits per heavy atom. The second-order valence-corrected chi connectivity index (χ2v) is 4.83. The Bertz CT molecular complexity index is 734. The summed E-state index contributed by atoms with van der Waals surface area (Å²) in [6.07, 6.45) is 1.77. The summed E-state index contributed by atoms with van der Waals surface area (Å²) >= 11 is 12.1. The fourth-order valence-corrected chi connectivity index (χ4v) is 2.45. The lowest BCUT2D eigenvalue weighted by atomic mass is 10.0.